The third-order valence-electron chi connectivity index (χ3n) is 5.12. The fourth-order valence-corrected chi connectivity index (χ4v) is 3.61. The van der Waals surface area contributed by atoms with Gasteiger partial charge in [0.05, 0.1) is 18.1 Å². The molecule has 150 valence electrons. The number of ether oxygens (including phenoxy) is 1. The second-order valence-corrected chi connectivity index (χ2v) is 7.79. The van der Waals surface area contributed by atoms with Crippen LogP contribution in [0.5, 0.6) is 0 Å². The fraction of sp³-hybridized carbons (Fsp3) is 0.450. The number of anilines is 3. The summed E-state index contributed by atoms with van der Waals surface area (Å²) in [6.07, 6.45) is 5.09. The number of rotatable bonds is 6. The van der Waals surface area contributed by atoms with E-state index in [0.29, 0.717) is 10.6 Å². The van der Waals surface area contributed by atoms with Crippen LogP contribution in [0.3, 0.4) is 0 Å². The summed E-state index contributed by atoms with van der Waals surface area (Å²) in [6, 6.07) is 5.38. The standard InChI is InChI=1S/C20H26ClN5O2/c1-13(2)14-5-7-26(8-6-14)20-23-10-17(11-24-20)25-16-4-3-15(18(21)9-16)12-28-19(22)27/h3-4,9-11,13-14,25H,5-8,12H2,1-2H3,(H2,22,27). The number of carbonyl (C=O) groups excluding carboxylic acids is 1. The Labute approximate surface area is 170 Å². The van der Waals surface area contributed by atoms with Gasteiger partial charge < -0.3 is 20.7 Å². The maximum absolute atomic E-state index is 10.7. The van der Waals surface area contributed by atoms with E-state index < -0.39 is 6.09 Å². The number of amides is 1. The molecule has 1 amide bonds. The van der Waals surface area contributed by atoms with Crippen LogP contribution in [-0.4, -0.2) is 29.2 Å². The molecule has 2 heterocycles. The smallest absolute Gasteiger partial charge is 0.404 e. The Balaban J connectivity index is 1.58. The SMILES string of the molecule is CC(C)C1CCN(c2ncc(Nc3ccc(COC(N)=O)c(Cl)c3)cn2)CC1. The minimum atomic E-state index is -0.830. The molecule has 7 nitrogen and oxygen atoms in total. The van der Waals surface area contributed by atoms with E-state index in [1.165, 1.54) is 12.8 Å². The number of aromatic nitrogens is 2. The predicted molar refractivity (Wildman–Crippen MR) is 111 cm³/mol. The number of nitrogens with two attached hydrogens (primary N) is 1. The summed E-state index contributed by atoms with van der Waals surface area (Å²) in [5.41, 5.74) is 7.23. The number of piperidine rings is 1. The second-order valence-electron chi connectivity index (χ2n) is 7.38. The number of primary amides is 1. The average molecular weight is 404 g/mol. The van der Waals surface area contributed by atoms with Gasteiger partial charge in [0.15, 0.2) is 0 Å². The van der Waals surface area contributed by atoms with Gasteiger partial charge in [0.2, 0.25) is 5.95 Å². The molecule has 28 heavy (non-hydrogen) atoms. The van der Waals surface area contributed by atoms with Gasteiger partial charge in [-0.1, -0.05) is 31.5 Å². The zero-order valence-corrected chi connectivity index (χ0v) is 16.9. The minimum Gasteiger partial charge on any atom is -0.445 e. The van der Waals surface area contributed by atoms with Crippen molar-refractivity contribution in [3.63, 3.8) is 0 Å². The van der Waals surface area contributed by atoms with Crippen molar-refractivity contribution >= 4 is 35.0 Å². The van der Waals surface area contributed by atoms with Crippen molar-refractivity contribution in [3.05, 3.63) is 41.2 Å². The van der Waals surface area contributed by atoms with E-state index >= 15 is 0 Å². The topological polar surface area (TPSA) is 93.4 Å². The first-order valence-corrected chi connectivity index (χ1v) is 9.85. The predicted octanol–water partition coefficient (Wildman–Crippen LogP) is 4.34. The first kappa shape index (κ1) is 20.2. The van der Waals surface area contributed by atoms with Crippen LogP contribution in [0, 0.1) is 11.8 Å². The molecule has 0 bridgehead atoms. The van der Waals surface area contributed by atoms with Gasteiger partial charge in [0.25, 0.3) is 0 Å². The lowest BCUT2D eigenvalue weighted by Gasteiger charge is -2.33. The third-order valence-corrected chi connectivity index (χ3v) is 5.47. The van der Waals surface area contributed by atoms with E-state index in [-0.39, 0.29) is 6.61 Å². The average Bonchev–Trinajstić information content (AvgIpc) is 2.68. The maximum Gasteiger partial charge on any atom is 0.404 e. The molecule has 1 aliphatic heterocycles. The van der Waals surface area contributed by atoms with Crippen molar-refractivity contribution in [1.82, 2.24) is 9.97 Å². The molecule has 0 unspecified atom stereocenters. The van der Waals surface area contributed by atoms with Crippen molar-refractivity contribution in [2.24, 2.45) is 17.6 Å². The van der Waals surface area contributed by atoms with Gasteiger partial charge in [-0.05, 0) is 36.8 Å². The normalized spacial score (nSPS) is 14.9. The van der Waals surface area contributed by atoms with Crippen molar-refractivity contribution in [1.29, 1.82) is 0 Å². The van der Waals surface area contributed by atoms with Gasteiger partial charge in [0, 0.05) is 29.4 Å². The van der Waals surface area contributed by atoms with Crippen LogP contribution < -0.4 is 16.0 Å². The highest BCUT2D eigenvalue weighted by Gasteiger charge is 2.22. The highest BCUT2D eigenvalue weighted by Crippen LogP contribution is 2.27. The van der Waals surface area contributed by atoms with Gasteiger partial charge in [-0.3, -0.25) is 0 Å². The first-order valence-electron chi connectivity index (χ1n) is 9.47. The van der Waals surface area contributed by atoms with Crippen LogP contribution in [0.1, 0.15) is 32.3 Å². The van der Waals surface area contributed by atoms with Gasteiger partial charge in [0.1, 0.15) is 6.61 Å². The van der Waals surface area contributed by atoms with Crippen LogP contribution in [0.4, 0.5) is 22.1 Å². The van der Waals surface area contributed by atoms with E-state index in [9.17, 15) is 4.79 Å². The van der Waals surface area contributed by atoms with Crippen molar-refractivity contribution < 1.29 is 9.53 Å². The molecule has 1 saturated heterocycles. The van der Waals surface area contributed by atoms with E-state index in [1.54, 1.807) is 24.5 Å². The van der Waals surface area contributed by atoms with Crippen molar-refractivity contribution in [2.45, 2.75) is 33.3 Å². The molecule has 0 radical (unpaired) electrons. The van der Waals surface area contributed by atoms with Crippen LogP contribution >= 0.6 is 11.6 Å². The van der Waals surface area contributed by atoms with Gasteiger partial charge in [-0.25, -0.2) is 14.8 Å². The summed E-state index contributed by atoms with van der Waals surface area (Å²) in [5, 5.41) is 3.71. The molecular formula is C20H26ClN5O2. The molecule has 0 spiro atoms. The fourth-order valence-electron chi connectivity index (χ4n) is 3.37. The summed E-state index contributed by atoms with van der Waals surface area (Å²) in [4.78, 5) is 22.0. The summed E-state index contributed by atoms with van der Waals surface area (Å²) < 4.78 is 4.77. The highest BCUT2D eigenvalue weighted by atomic mass is 35.5. The quantitative estimate of drug-likeness (QED) is 0.745. The lowest BCUT2D eigenvalue weighted by molar-refractivity contribution is 0.150. The zero-order chi connectivity index (χ0) is 20.1. The molecular weight excluding hydrogens is 378 g/mol. The van der Waals surface area contributed by atoms with E-state index in [2.05, 4.69) is 34.0 Å². The largest absolute Gasteiger partial charge is 0.445 e. The monoisotopic (exact) mass is 403 g/mol. The van der Waals surface area contributed by atoms with Gasteiger partial charge in [-0.2, -0.15) is 0 Å². The Morgan fingerprint density at radius 2 is 1.96 bits per heavy atom. The molecule has 2 aromatic rings. The number of nitrogens with one attached hydrogen (secondary N) is 1. The Morgan fingerprint density at radius 1 is 1.29 bits per heavy atom. The molecule has 0 aliphatic carbocycles. The summed E-state index contributed by atoms with van der Waals surface area (Å²) in [7, 11) is 0. The second kappa shape index (κ2) is 9.10. The Kier molecular flexibility index (Phi) is 6.57. The Hall–Kier alpha value is -2.54. The maximum atomic E-state index is 10.7. The molecule has 1 aromatic heterocycles. The van der Waals surface area contributed by atoms with Crippen LogP contribution in [0.25, 0.3) is 0 Å². The van der Waals surface area contributed by atoms with E-state index in [4.69, 9.17) is 22.1 Å². The molecule has 0 atom stereocenters. The van der Waals surface area contributed by atoms with E-state index in [0.717, 1.165) is 42.2 Å². The lowest BCUT2D eigenvalue weighted by atomic mass is 9.87. The highest BCUT2D eigenvalue weighted by molar-refractivity contribution is 6.31. The number of benzene rings is 1. The van der Waals surface area contributed by atoms with Crippen molar-refractivity contribution in [2.75, 3.05) is 23.3 Å². The molecule has 0 saturated carbocycles. The summed E-state index contributed by atoms with van der Waals surface area (Å²) in [6.45, 7) is 6.63. The lowest BCUT2D eigenvalue weighted by Crippen LogP contribution is -2.36. The number of hydrogen-bond acceptors (Lipinski definition) is 6. The van der Waals surface area contributed by atoms with E-state index in [1.807, 2.05) is 6.07 Å². The first-order chi connectivity index (χ1) is 13.4. The molecule has 1 fully saturated rings. The molecule has 1 aromatic carbocycles. The Bertz CT molecular complexity index is 805. The number of hydrogen-bond donors (Lipinski definition) is 2. The number of carbonyl (C=O) groups is 1. The van der Waals surface area contributed by atoms with Crippen molar-refractivity contribution in [3.8, 4) is 0 Å². The van der Waals surface area contributed by atoms with Crippen LogP contribution in [-0.2, 0) is 11.3 Å². The Morgan fingerprint density at radius 3 is 2.54 bits per heavy atom. The van der Waals surface area contributed by atoms with Gasteiger partial charge in [-0.15, -0.1) is 0 Å². The molecule has 8 heteroatoms. The molecule has 1 aliphatic rings. The van der Waals surface area contributed by atoms with Gasteiger partial charge >= 0.3 is 6.09 Å². The summed E-state index contributed by atoms with van der Waals surface area (Å²) >= 11 is 6.23. The van der Waals surface area contributed by atoms with Crippen LogP contribution in [0.15, 0.2) is 30.6 Å². The number of halogens is 1. The molecule has 3 rings (SSSR count). The zero-order valence-electron chi connectivity index (χ0n) is 16.2. The van der Waals surface area contributed by atoms with Crippen LogP contribution in [0.2, 0.25) is 5.02 Å². The molecule has 3 N–H and O–H groups in total. The summed E-state index contributed by atoms with van der Waals surface area (Å²) in [5.74, 6) is 2.29. The number of nitrogens with zero attached hydrogens (tertiary/aromatic N) is 3. The minimum absolute atomic E-state index is 0.0414. The third kappa shape index (κ3) is 5.25.